The Kier molecular flexibility index (Phi) is 6.53. The van der Waals surface area contributed by atoms with Crippen LogP contribution in [0.4, 0.5) is 0 Å². The molecule has 1 atom stereocenters. The fourth-order valence-electron chi connectivity index (χ4n) is 1.75. The molecule has 0 saturated carbocycles. The number of carbonyl (C=O) groups is 1. The smallest absolute Gasteiger partial charge is 1.00 e. The molecule has 96 valence electrons. The molecule has 0 fully saturated rings. The molecule has 1 rings (SSSR count). The molecule has 0 saturated heterocycles. The van der Waals surface area contributed by atoms with E-state index in [2.05, 4.69) is 5.32 Å². The van der Waals surface area contributed by atoms with Gasteiger partial charge in [-0.05, 0) is 12.5 Å². The summed E-state index contributed by atoms with van der Waals surface area (Å²) in [5.74, 6) is -0.927. The molecule has 1 aromatic rings. The van der Waals surface area contributed by atoms with Crippen LogP contribution in [0.1, 0.15) is 20.8 Å². The molecule has 0 aromatic heterocycles. The molecule has 1 aromatic carbocycles. The maximum atomic E-state index is 11.1. The Morgan fingerprint density at radius 1 is 1.39 bits per heavy atom. The van der Waals surface area contributed by atoms with E-state index in [1.165, 1.54) is 6.92 Å². The third-order valence-electron chi connectivity index (χ3n) is 2.33. The molecule has 0 aliphatic heterocycles. The molecule has 7 heteroatoms. The normalized spacial score (nSPS) is 14.2. The summed E-state index contributed by atoms with van der Waals surface area (Å²) in [5, 5.41) is 2.55. The predicted octanol–water partition coefficient (Wildman–Crippen LogP) is -1.96. The molecule has 5 nitrogen and oxygen atoms in total. The molecule has 0 aliphatic carbocycles. The van der Waals surface area contributed by atoms with Gasteiger partial charge in [0.05, 0.1) is 5.54 Å². The number of hydrogen-bond donors (Lipinski definition) is 2. The van der Waals surface area contributed by atoms with E-state index in [0.29, 0.717) is 5.56 Å². The van der Waals surface area contributed by atoms with Crippen LogP contribution in [0.2, 0.25) is 0 Å². The standard InChI is InChI=1S/C11H15NO4S.Na.H/c1-9(13)12-11(2,8-17(14,15)16)10-6-4-3-5-7-10;;/h3-7H,8H2,1-2H3,(H,12,13)(H,14,15,16);;/q;+1;-1. The van der Waals surface area contributed by atoms with E-state index in [0.717, 1.165) is 0 Å². The molecule has 0 radical (unpaired) electrons. The summed E-state index contributed by atoms with van der Waals surface area (Å²) in [6.07, 6.45) is 0. The summed E-state index contributed by atoms with van der Waals surface area (Å²) in [5.41, 5.74) is -0.520. The zero-order valence-electron chi connectivity index (χ0n) is 11.7. The third-order valence-corrected chi connectivity index (χ3v) is 3.28. The van der Waals surface area contributed by atoms with Crippen molar-refractivity contribution in [1.82, 2.24) is 5.32 Å². The van der Waals surface area contributed by atoms with E-state index in [4.69, 9.17) is 4.55 Å². The van der Waals surface area contributed by atoms with Crippen molar-refractivity contribution >= 4 is 16.0 Å². The zero-order chi connectivity index (χ0) is 13.1. The van der Waals surface area contributed by atoms with Gasteiger partial charge < -0.3 is 6.74 Å². The second kappa shape index (κ2) is 6.68. The molecule has 0 heterocycles. The molecule has 18 heavy (non-hydrogen) atoms. The fraction of sp³-hybridized carbons (Fsp3) is 0.364. The van der Waals surface area contributed by atoms with E-state index in [1.807, 2.05) is 0 Å². The minimum absolute atomic E-state index is 0. The van der Waals surface area contributed by atoms with Crippen molar-refractivity contribution in [3.05, 3.63) is 35.9 Å². The Morgan fingerprint density at radius 3 is 2.28 bits per heavy atom. The van der Waals surface area contributed by atoms with Crippen molar-refractivity contribution in [3.63, 3.8) is 0 Å². The topological polar surface area (TPSA) is 83.5 Å². The average molecular weight is 281 g/mol. The van der Waals surface area contributed by atoms with Crippen molar-refractivity contribution < 1.29 is 48.7 Å². The Morgan fingerprint density at radius 2 is 1.89 bits per heavy atom. The summed E-state index contributed by atoms with van der Waals surface area (Å²) in [6, 6.07) is 8.64. The van der Waals surface area contributed by atoms with Crippen LogP contribution in [0, 0.1) is 0 Å². The molecule has 1 amide bonds. The summed E-state index contributed by atoms with van der Waals surface area (Å²) >= 11 is 0. The largest absolute Gasteiger partial charge is 1.00 e. The van der Waals surface area contributed by atoms with E-state index < -0.39 is 21.4 Å². The van der Waals surface area contributed by atoms with Gasteiger partial charge in [-0.25, -0.2) is 0 Å². The SMILES string of the molecule is CC(=O)NC(C)(CS(=O)(=O)O)c1ccccc1.[H-].[Na+]. The first-order valence-corrected chi connectivity index (χ1v) is 6.63. The first-order valence-electron chi connectivity index (χ1n) is 5.02. The van der Waals surface area contributed by atoms with Crippen LogP contribution in [0.5, 0.6) is 0 Å². The Balaban J connectivity index is 0. The number of benzene rings is 1. The number of carbonyl (C=O) groups excluding carboxylic acids is 1. The molecule has 0 aliphatic rings. The second-order valence-corrected chi connectivity index (χ2v) is 5.56. The molecule has 2 N–H and O–H groups in total. The van der Waals surface area contributed by atoms with Crippen LogP contribution < -0.4 is 34.9 Å². The summed E-state index contributed by atoms with van der Waals surface area (Å²) < 4.78 is 31.0. The molecule has 0 bridgehead atoms. The van der Waals surface area contributed by atoms with Crippen molar-refractivity contribution in [2.24, 2.45) is 0 Å². The number of nitrogens with one attached hydrogen (secondary N) is 1. The quantitative estimate of drug-likeness (QED) is 0.496. The first kappa shape index (κ1) is 17.6. The van der Waals surface area contributed by atoms with E-state index in [9.17, 15) is 13.2 Å². The molecular formula is C11H16NNaO4S. The Labute approximate surface area is 130 Å². The van der Waals surface area contributed by atoms with Crippen molar-refractivity contribution in [3.8, 4) is 0 Å². The van der Waals surface area contributed by atoms with Gasteiger partial charge in [-0.1, -0.05) is 30.3 Å². The first-order chi connectivity index (χ1) is 7.73. The maximum Gasteiger partial charge on any atom is 1.00 e. The van der Waals surface area contributed by atoms with Gasteiger partial charge in [0, 0.05) is 6.92 Å². The monoisotopic (exact) mass is 281 g/mol. The van der Waals surface area contributed by atoms with Crippen LogP contribution in [0.15, 0.2) is 30.3 Å². The fourth-order valence-corrected chi connectivity index (χ4v) is 2.72. The average Bonchev–Trinajstić information content (AvgIpc) is 2.14. The Bertz CT molecular complexity index is 509. The van der Waals surface area contributed by atoms with Gasteiger partial charge in [0.25, 0.3) is 10.1 Å². The van der Waals surface area contributed by atoms with Crippen LogP contribution in [0.3, 0.4) is 0 Å². The van der Waals surface area contributed by atoms with Gasteiger partial charge in [0.1, 0.15) is 5.75 Å². The van der Waals surface area contributed by atoms with Gasteiger partial charge in [-0.3, -0.25) is 9.35 Å². The molecule has 1 unspecified atom stereocenters. The molecule has 0 spiro atoms. The molecular weight excluding hydrogens is 265 g/mol. The van der Waals surface area contributed by atoms with Gasteiger partial charge in [0.2, 0.25) is 5.91 Å². The van der Waals surface area contributed by atoms with E-state index in [-0.39, 0.29) is 36.9 Å². The summed E-state index contributed by atoms with van der Waals surface area (Å²) in [4.78, 5) is 11.1. The van der Waals surface area contributed by atoms with Crippen LogP contribution in [0.25, 0.3) is 0 Å². The predicted molar refractivity (Wildman–Crippen MR) is 65.1 cm³/mol. The van der Waals surface area contributed by atoms with Crippen molar-refractivity contribution in [2.45, 2.75) is 19.4 Å². The van der Waals surface area contributed by atoms with Crippen LogP contribution in [-0.4, -0.2) is 24.6 Å². The third kappa shape index (κ3) is 5.49. The maximum absolute atomic E-state index is 11.1. The Hall–Kier alpha value is -0.400. The van der Waals surface area contributed by atoms with Gasteiger partial charge >= 0.3 is 29.6 Å². The number of amides is 1. The van der Waals surface area contributed by atoms with Crippen molar-refractivity contribution in [1.29, 1.82) is 0 Å². The zero-order valence-corrected chi connectivity index (χ0v) is 13.5. The van der Waals surface area contributed by atoms with E-state index in [1.54, 1.807) is 37.3 Å². The van der Waals surface area contributed by atoms with Gasteiger partial charge in [0.15, 0.2) is 0 Å². The minimum Gasteiger partial charge on any atom is -1.00 e. The van der Waals surface area contributed by atoms with Gasteiger partial charge in [-0.15, -0.1) is 0 Å². The van der Waals surface area contributed by atoms with Crippen LogP contribution in [-0.2, 0) is 20.5 Å². The van der Waals surface area contributed by atoms with Gasteiger partial charge in [-0.2, -0.15) is 8.42 Å². The number of hydrogen-bond acceptors (Lipinski definition) is 3. The minimum atomic E-state index is -4.19. The number of rotatable bonds is 4. The van der Waals surface area contributed by atoms with Crippen molar-refractivity contribution in [2.75, 3.05) is 5.75 Å². The van der Waals surface area contributed by atoms with E-state index >= 15 is 0 Å². The second-order valence-electron chi connectivity index (χ2n) is 4.11. The summed E-state index contributed by atoms with van der Waals surface area (Å²) in [6.45, 7) is 2.85. The summed E-state index contributed by atoms with van der Waals surface area (Å²) in [7, 11) is -4.19. The van der Waals surface area contributed by atoms with Crippen LogP contribution >= 0.6 is 0 Å².